The molecule has 0 aliphatic rings. The van der Waals surface area contributed by atoms with E-state index < -0.39 is 0 Å². The average Bonchev–Trinajstić information content (AvgIpc) is 2.39. The maximum absolute atomic E-state index is 5.80. The van der Waals surface area contributed by atoms with Crippen molar-refractivity contribution in [2.24, 2.45) is 0 Å². The molecule has 2 aromatic rings. The fraction of sp³-hybridized carbons (Fsp3) is 0.214. The summed E-state index contributed by atoms with van der Waals surface area (Å²) < 4.78 is 12.1. The summed E-state index contributed by atoms with van der Waals surface area (Å²) in [4.78, 5) is 4.25. The van der Waals surface area contributed by atoms with Gasteiger partial charge in [-0.1, -0.05) is 28.9 Å². The van der Waals surface area contributed by atoms with Crippen LogP contribution in [-0.4, -0.2) is 11.6 Å². The Balaban J connectivity index is 2.16. The molecule has 0 spiro atoms. The molecule has 19 heavy (non-hydrogen) atoms. The van der Waals surface area contributed by atoms with Crippen LogP contribution in [0.5, 0.6) is 17.5 Å². The van der Waals surface area contributed by atoms with Crippen LogP contribution in [0.3, 0.4) is 0 Å². The van der Waals surface area contributed by atoms with E-state index in [9.17, 15) is 0 Å². The van der Waals surface area contributed by atoms with Crippen molar-refractivity contribution in [3.8, 4) is 17.5 Å². The van der Waals surface area contributed by atoms with Gasteiger partial charge < -0.3 is 15.2 Å². The summed E-state index contributed by atoms with van der Waals surface area (Å²) in [6.07, 6.45) is 0.901. The number of anilines is 1. The third kappa shape index (κ3) is 3.86. The molecule has 0 aliphatic heterocycles. The van der Waals surface area contributed by atoms with E-state index in [-0.39, 0.29) is 0 Å². The molecule has 0 aliphatic carbocycles. The molecule has 0 fully saturated rings. The third-order valence-electron chi connectivity index (χ3n) is 2.33. The molecule has 2 rings (SSSR count). The van der Waals surface area contributed by atoms with Crippen molar-refractivity contribution in [1.29, 1.82) is 0 Å². The van der Waals surface area contributed by atoms with Gasteiger partial charge in [-0.3, -0.25) is 0 Å². The van der Waals surface area contributed by atoms with Crippen molar-refractivity contribution in [2.75, 3.05) is 12.3 Å². The summed E-state index contributed by atoms with van der Waals surface area (Å²) in [5, 5.41) is 0. The number of nitrogens with zero attached hydrogens (tertiary/aromatic N) is 1. The minimum absolute atomic E-state index is 0.411. The fourth-order valence-corrected chi connectivity index (χ4v) is 1.83. The van der Waals surface area contributed by atoms with Gasteiger partial charge in [0.2, 0.25) is 11.8 Å². The lowest BCUT2D eigenvalue weighted by Gasteiger charge is -2.09. The Hall–Kier alpha value is -1.75. The van der Waals surface area contributed by atoms with Crippen molar-refractivity contribution >= 4 is 21.6 Å². The lowest BCUT2D eigenvalue weighted by molar-refractivity contribution is 0.302. The van der Waals surface area contributed by atoms with Crippen LogP contribution < -0.4 is 15.2 Å². The molecular weight excluding hydrogens is 308 g/mol. The average molecular weight is 323 g/mol. The second-order valence-corrected chi connectivity index (χ2v) is 4.87. The van der Waals surface area contributed by atoms with Gasteiger partial charge in [-0.25, -0.2) is 0 Å². The third-order valence-corrected chi connectivity index (χ3v) is 2.82. The van der Waals surface area contributed by atoms with E-state index in [1.807, 2.05) is 31.2 Å². The molecular formula is C14H15BrN2O2. The molecule has 4 nitrogen and oxygen atoms in total. The van der Waals surface area contributed by atoms with Crippen LogP contribution >= 0.6 is 15.9 Å². The van der Waals surface area contributed by atoms with E-state index in [1.165, 1.54) is 0 Å². The lowest BCUT2D eigenvalue weighted by atomic mass is 10.3. The van der Waals surface area contributed by atoms with E-state index in [2.05, 4.69) is 20.9 Å². The highest BCUT2D eigenvalue weighted by molar-refractivity contribution is 9.10. The first-order valence-corrected chi connectivity index (χ1v) is 6.81. The van der Waals surface area contributed by atoms with Crippen molar-refractivity contribution in [3.63, 3.8) is 0 Å². The Kier molecular flexibility index (Phi) is 4.63. The lowest BCUT2D eigenvalue weighted by Crippen LogP contribution is -2.02. The first-order chi connectivity index (χ1) is 9.19. The van der Waals surface area contributed by atoms with E-state index in [0.29, 0.717) is 29.8 Å². The first-order valence-electron chi connectivity index (χ1n) is 6.02. The quantitative estimate of drug-likeness (QED) is 0.903. The van der Waals surface area contributed by atoms with Gasteiger partial charge in [-0.05, 0) is 30.7 Å². The number of pyridine rings is 1. The Labute approximate surface area is 120 Å². The highest BCUT2D eigenvalue weighted by Crippen LogP contribution is 2.27. The van der Waals surface area contributed by atoms with Gasteiger partial charge >= 0.3 is 0 Å². The number of aromatic nitrogens is 1. The summed E-state index contributed by atoms with van der Waals surface area (Å²) in [5.41, 5.74) is 6.31. The van der Waals surface area contributed by atoms with Gasteiger partial charge in [0, 0.05) is 10.5 Å². The van der Waals surface area contributed by atoms with Crippen LogP contribution in [0.4, 0.5) is 5.69 Å². The summed E-state index contributed by atoms with van der Waals surface area (Å²) in [5.74, 6) is 1.57. The van der Waals surface area contributed by atoms with Crippen LogP contribution in [0.15, 0.2) is 40.9 Å². The van der Waals surface area contributed by atoms with Crippen LogP contribution in [0.2, 0.25) is 0 Å². The second kappa shape index (κ2) is 6.43. The molecule has 1 aromatic carbocycles. The summed E-state index contributed by atoms with van der Waals surface area (Å²) in [7, 11) is 0. The fourth-order valence-electron chi connectivity index (χ4n) is 1.46. The summed E-state index contributed by atoms with van der Waals surface area (Å²) in [6, 6.07) is 11.0. The minimum Gasteiger partial charge on any atom is -0.476 e. The largest absolute Gasteiger partial charge is 0.476 e. The Bertz CT molecular complexity index is 561. The van der Waals surface area contributed by atoms with E-state index in [1.54, 1.807) is 12.1 Å². The maximum atomic E-state index is 5.80. The number of nitrogen functional groups attached to an aromatic ring is 1. The Morgan fingerprint density at radius 3 is 2.84 bits per heavy atom. The van der Waals surface area contributed by atoms with Gasteiger partial charge in [0.25, 0.3) is 0 Å². The molecule has 2 N–H and O–H groups in total. The summed E-state index contributed by atoms with van der Waals surface area (Å²) >= 11 is 3.39. The minimum atomic E-state index is 0.411. The van der Waals surface area contributed by atoms with Gasteiger partial charge in [0.15, 0.2) is 0 Å². The van der Waals surface area contributed by atoms with Gasteiger partial charge in [-0.15, -0.1) is 0 Å². The summed E-state index contributed by atoms with van der Waals surface area (Å²) in [6.45, 7) is 2.61. The molecule has 1 aromatic heterocycles. The number of hydrogen-bond acceptors (Lipinski definition) is 4. The van der Waals surface area contributed by atoms with Crippen LogP contribution in [0.1, 0.15) is 13.3 Å². The van der Waals surface area contributed by atoms with Gasteiger partial charge in [0.1, 0.15) is 5.75 Å². The molecule has 0 saturated heterocycles. The van der Waals surface area contributed by atoms with E-state index in [4.69, 9.17) is 15.2 Å². The number of nitrogens with two attached hydrogens (primary N) is 1. The molecule has 0 amide bonds. The Morgan fingerprint density at radius 1 is 1.26 bits per heavy atom. The standard InChI is InChI=1S/C14H15BrN2O2/c1-2-8-18-14-12(16)6-7-13(17-14)19-11-5-3-4-10(15)9-11/h3-7,9H,2,8,16H2,1H3. The van der Waals surface area contributed by atoms with Gasteiger partial charge in [0.05, 0.1) is 12.3 Å². The molecule has 0 radical (unpaired) electrons. The van der Waals surface area contributed by atoms with Crippen LogP contribution in [0, 0.1) is 0 Å². The first kappa shape index (κ1) is 13.7. The molecule has 1 heterocycles. The highest BCUT2D eigenvalue weighted by atomic mass is 79.9. The number of benzene rings is 1. The molecule has 0 saturated carbocycles. The predicted molar refractivity (Wildman–Crippen MR) is 78.7 cm³/mol. The van der Waals surface area contributed by atoms with Crippen LogP contribution in [-0.2, 0) is 0 Å². The number of rotatable bonds is 5. The van der Waals surface area contributed by atoms with Gasteiger partial charge in [-0.2, -0.15) is 4.98 Å². The van der Waals surface area contributed by atoms with Crippen molar-refractivity contribution in [1.82, 2.24) is 4.98 Å². The van der Waals surface area contributed by atoms with Crippen molar-refractivity contribution in [2.45, 2.75) is 13.3 Å². The number of hydrogen-bond donors (Lipinski definition) is 1. The second-order valence-electron chi connectivity index (χ2n) is 3.95. The Morgan fingerprint density at radius 2 is 2.11 bits per heavy atom. The normalized spacial score (nSPS) is 10.2. The van der Waals surface area contributed by atoms with Crippen LogP contribution in [0.25, 0.3) is 0 Å². The molecule has 0 atom stereocenters. The number of halogens is 1. The zero-order chi connectivity index (χ0) is 13.7. The zero-order valence-corrected chi connectivity index (χ0v) is 12.2. The zero-order valence-electron chi connectivity index (χ0n) is 10.6. The highest BCUT2D eigenvalue weighted by Gasteiger charge is 2.06. The maximum Gasteiger partial charge on any atom is 0.240 e. The molecule has 0 bridgehead atoms. The van der Waals surface area contributed by atoms with E-state index >= 15 is 0 Å². The topological polar surface area (TPSA) is 57.4 Å². The molecule has 5 heteroatoms. The monoisotopic (exact) mass is 322 g/mol. The SMILES string of the molecule is CCCOc1nc(Oc2cccc(Br)c2)ccc1N. The molecule has 0 unspecified atom stereocenters. The molecule has 100 valence electrons. The smallest absolute Gasteiger partial charge is 0.240 e. The van der Waals surface area contributed by atoms with E-state index in [0.717, 1.165) is 10.9 Å². The number of ether oxygens (including phenoxy) is 2. The van der Waals surface area contributed by atoms with Crippen molar-refractivity contribution in [3.05, 3.63) is 40.9 Å². The van der Waals surface area contributed by atoms with Crippen molar-refractivity contribution < 1.29 is 9.47 Å². The predicted octanol–water partition coefficient (Wildman–Crippen LogP) is 4.01.